The van der Waals surface area contributed by atoms with Gasteiger partial charge in [-0.15, -0.1) is 6.42 Å². The van der Waals surface area contributed by atoms with Crippen molar-refractivity contribution in [2.24, 2.45) is 5.41 Å². The van der Waals surface area contributed by atoms with Crippen molar-refractivity contribution in [3.8, 4) is 29.5 Å². The second-order valence-electron chi connectivity index (χ2n) is 12.5. The van der Waals surface area contributed by atoms with E-state index in [1.54, 1.807) is 23.9 Å². The third kappa shape index (κ3) is 5.42. The van der Waals surface area contributed by atoms with Crippen molar-refractivity contribution in [2.75, 3.05) is 64.2 Å². The van der Waals surface area contributed by atoms with E-state index < -0.39 is 64.5 Å². The number of β-amino-alcohol motifs (C(OH)–C–C–N with tert-alkyl or cyclic N) is 1. The van der Waals surface area contributed by atoms with Gasteiger partial charge in [0.15, 0.2) is 5.82 Å². The van der Waals surface area contributed by atoms with E-state index in [0.29, 0.717) is 0 Å². The van der Waals surface area contributed by atoms with E-state index in [4.69, 9.17) is 21.6 Å². The summed E-state index contributed by atoms with van der Waals surface area (Å²) in [5, 5.41) is 10.9. The SMILES string of the molecule is C#Cc1c(F)ccc2c(N)ncc(-c3c(F)cc4c(N5CCOCC(C)(O)C5)nc(OCC5(CN(C)C)CC5(F)F)nc4c3F)c12. The zero-order valence-corrected chi connectivity index (χ0v) is 25.3. The number of aromatic nitrogens is 3. The van der Waals surface area contributed by atoms with E-state index in [1.165, 1.54) is 13.0 Å². The zero-order valence-electron chi connectivity index (χ0n) is 25.3. The molecule has 3 heterocycles. The number of benzene rings is 2. The Kier molecular flexibility index (Phi) is 7.70. The van der Waals surface area contributed by atoms with Gasteiger partial charge in [-0.2, -0.15) is 9.97 Å². The number of anilines is 2. The van der Waals surface area contributed by atoms with Gasteiger partial charge in [-0.1, -0.05) is 5.92 Å². The van der Waals surface area contributed by atoms with Gasteiger partial charge < -0.3 is 30.1 Å². The minimum atomic E-state index is -2.99. The van der Waals surface area contributed by atoms with Gasteiger partial charge in [-0.3, -0.25) is 0 Å². The van der Waals surface area contributed by atoms with E-state index in [1.807, 2.05) is 0 Å². The molecule has 2 aromatic heterocycles. The lowest BCUT2D eigenvalue weighted by atomic mass is 9.94. The van der Waals surface area contributed by atoms with Gasteiger partial charge in [0, 0.05) is 47.4 Å². The molecule has 2 fully saturated rings. The second-order valence-corrected chi connectivity index (χ2v) is 12.5. The molecule has 0 radical (unpaired) electrons. The molecule has 9 nitrogen and oxygen atoms in total. The lowest BCUT2D eigenvalue weighted by molar-refractivity contribution is -0.0123. The quantitative estimate of drug-likeness (QED) is 0.224. The summed E-state index contributed by atoms with van der Waals surface area (Å²) < 4.78 is 87.9. The second kappa shape index (κ2) is 11.2. The Morgan fingerprint density at radius 2 is 1.91 bits per heavy atom. The van der Waals surface area contributed by atoms with Crippen LogP contribution in [0.2, 0.25) is 0 Å². The highest BCUT2D eigenvalue weighted by atomic mass is 19.3. The van der Waals surface area contributed by atoms with Crippen LogP contribution < -0.4 is 15.4 Å². The number of hydrogen-bond acceptors (Lipinski definition) is 9. The lowest BCUT2D eigenvalue weighted by Gasteiger charge is -2.29. The zero-order chi connectivity index (χ0) is 33.2. The Bertz CT molecular complexity index is 1910. The molecule has 2 atom stereocenters. The molecule has 1 aliphatic carbocycles. The molecule has 0 amide bonds. The lowest BCUT2D eigenvalue weighted by Crippen LogP contribution is -2.42. The van der Waals surface area contributed by atoms with Crippen molar-refractivity contribution in [3.63, 3.8) is 0 Å². The molecule has 0 bridgehead atoms. The maximum absolute atomic E-state index is 16.7. The number of aliphatic hydroxyl groups is 1. The molecule has 1 saturated carbocycles. The van der Waals surface area contributed by atoms with E-state index in [2.05, 4.69) is 20.9 Å². The van der Waals surface area contributed by atoms with E-state index in [-0.39, 0.29) is 71.8 Å². The highest BCUT2D eigenvalue weighted by Gasteiger charge is 2.71. The summed E-state index contributed by atoms with van der Waals surface area (Å²) in [6.45, 7) is 1.36. The minimum Gasteiger partial charge on any atom is -0.463 e. The summed E-state index contributed by atoms with van der Waals surface area (Å²) in [7, 11) is 3.32. The van der Waals surface area contributed by atoms with Gasteiger partial charge in [0.05, 0.1) is 36.3 Å². The molecule has 14 heteroatoms. The average Bonchev–Trinajstić information content (AvgIpc) is 3.58. The molecule has 6 rings (SSSR count). The van der Waals surface area contributed by atoms with Crippen molar-refractivity contribution in [1.82, 2.24) is 19.9 Å². The summed E-state index contributed by atoms with van der Waals surface area (Å²) >= 11 is 0. The van der Waals surface area contributed by atoms with E-state index >= 15 is 8.78 Å². The molecule has 46 heavy (non-hydrogen) atoms. The summed E-state index contributed by atoms with van der Waals surface area (Å²) in [5.74, 6) is -3.85. The number of nitrogen functional groups attached to an aromatic ring is 1. The molecule has 3 N–H and O–H groups in total. The van der Waals surface area contributed by atoms with Crippen LogP contribution in [-0.2, 0) is 4.74 Å². The smallest absolute Gasteiger partial charge is 0.319 e. The van der Waals surface area contributed by atoms with Gasteiger partial charge in [-0.25, -0.2) is 26.9 Å². The highest BCUT2D eigenvalue weighted by molar-refractivity contribution is 6.06. The third-order valence-corrected chi connectivity index (χ3v) is 8.35. The Hall–Kier alpha value is -4.32. The number of fused-ring (bicyclic) bond motifs is 2. The molecule has 1 saturated heterocycles. The maximum Gasteiger partial charge on any atom is 0.319 e. The number of terminal acetylenes is 1. The number of nitrogens with two attached hydrogens (primary N) is 1. The number of nitrogens with zero attached hydrogens (tertiary/aromatic N) is 5. The fraction of sp³-hybridized carbons (Fsp3) is 0.406. The molecule has 2 aromatic carbocycles. The minimum absolute atomic E-state index is 0.00380. The first-order valence-corrected chi connectivity index (χ1v) is 14.4. The Balaban J connectivity index is 1.56. The number of rotatable bonds is 7. The molecule has 2 unspecified atom stereocenters. The van der Waals surface area contributed by atoms with Crippen LogP contribution in [0.25, 0.3) is 32.8 Å². The van der Waals surface area contributed by atoms with Crippen LogP contribution in [-0.4, -0.2) is 90.0 Å². The summed E-state index contributed by atoms with van der Waals surface area (Å²) in [6, 6.07) is 2.97. The van der Waals surface area contributed by atoms with Gasteiger partial charge in [0.25, 0.3) is 5.92 Å². The van der Waals surface area contributed by atoms with Gasteiger partial charge in [0.1, 0.15) is 41.0 Å². The molecule has 1 aliphatic heterocycles. The number of halogens is 5. The van der Waals surface area contributed by atoms with Crippen molar-refractivity contribution in [3.05, 3.63) is 47.4 Å². The monoisotopic (exact) mass is 642 g/mol. The fourth-order valence-electron chi connectivity index (χ4n) is 6.13. The molecule has 0 spiro atoms. The summed E-state index contributed by atoms with van der Waals surface area (Å²) in [4.78, 5) is 15.9. The largest absolute Gasteiger partial charge is 0.463 e. The molecular formula is C32H31F5N6O3. The predicted molar refractivity (Wildman–Crippen MR) is 162 cm³/mol. The number of hydrogen-bond donors (Lipinski definition) is 2. The Morgan fingerprint density at radius 1 is 1.17 bits per heavy atom. The van der Waals surface area contributed by atoms with Crippen LogP contribution in [0.3, 0.4) is 0 Å². The van der Waals surface area contributed by atoms with Crippen LogP contribution in [0.4, 0.5) is 33.6 Å². The standard InChI is InChI=1S/C32H31F5N6O3/c1-5-17-21(33)7-6-18-23(17)20(11-39-27(18)38)24-22(34)10-19-26(25(24)35)40-29(46-16-31(14-42(3)4)12-32(31,36)37)41-28(19)43-8-9-45-15-30(2,44)13-43/h1,6-7,10-11,44H,8-9,12-16H2,2-4H3,(H2,38,39). The van der Waals surface area contributed by atoms with Crippen molar-refractivity contribution < 1.29 is 36.5 Å². The van der Waals surface area contributed by atoms with Crippen molar-refractivity contribution in [2.45, 2.75) is 24.9 Å². The van der Waals surface area contributed by atoms with E-state index in [9.17, 15) is 18.3 Å². The van der Waals surface area contributed by atoms with Crippen LogP contribution in [0, 0.1) is 35.2 Å². The summed E-state index contributed by atoms with van der Waals surface area (Å²) in [6.07, 6.45) is 6.27. The van der Waals surface area contributed by atoms with Gasteiger partial charge in [-0.05, 0) is 39.2 Å². The molecular weight excluding hydrogens is 611 g/mol. The van der Waals surface area contributed by atoms with Gasteiger partial charge >= 0.3 is 6.01 Å². The van der Waals surface area contributed by atoms with Gasteiger partial charge in [0.2, 0.25) is 0 Å². The first kappa shape index (κ1) is 31.7. The number of pyridine rings is 1. The van der Waals surface area contributed by atoms with Crippen molar-refractivity contribution >= 4 is 33.3 Å². The van der Waals surface area contributed by atoms with Crippen molar-refractivity contribution in [1.29, 1.82) is 0 Å². The first-order chi connectivity index (χ1) is 21.7. The molecule has 4 aromatic rings. The summed E-state index contributed by atoms with van der Waals surface area (Å²) in [5.41, 5.74) is 1.67. The molecule has 2 aliphatic rings. The fourth-order valence-corrected chi connectivity index (χ4v) is 6.13. The average molecular weight is 643 g/mol. The Labute approximate surface area is 261 Å². The van der Waals surface area contributed by atoms with Crippen LogP contribution in [0.5, 0.6) is 6.01 Å². The first-order valence-electron chi connectivity index (χ1n) is 14.4. The van der Waals surface area contributed by atoms with Crippen LogP contribution in [0.15, 0.2) is 24.4 Å². The Morgan fingerprint density at radius 3 is 2.59 bits per heavy atom. The van der Waals surface area contributed by atoms with Crippen LogP contribution in [0.1, 0.15) is 18.9 Å². The molecule has 242 valence electrons. The predicted octanol–water partition coefficient (Wildman–Crippen LogP) is 4.38. The van der Waals surface area contributed by atoms with E-state index in [0.717, 1.165) is 18.3 Å². The van der Waals surface area contributed by atoms with Crippen LogP contribution >= 0.6 is 0 Å². The normalized spacial score (nSPS) is 22.7. The maximum atomic E-state index is 16.7. The third-order valence-electron chi connectivity index (χ3n) is 8.35. The topological polar surface area (TPSA) is 110 Å². The number of ether oxygens (including phenoxy) is 2. The number of alkyl halides is 2. The highest BCUT2D eigenvalue weighted by Crippen LogP contribution is 2.60.